The maximum Gasteiger partial charge on any atom is 0.426 e. The van der Waals surface area contributed by atoms with E-state index in [0.717, 1.165) is 5.56 Å². The van der Waals surface area contributed by atoms with Crippen LogP contribution in [0, 0.1) is 0 Å². The second-order valence-electron chi connectivity index (χ2n) is 5.81. The number of nitrogens with one attached hydrogen (secondary N) is 3. The van der Waals surface area contributed by atoms with Crippen LogP contribution in [-0.4, -0.2) is 34.8 Å². The molecule has 1 rings (SSSR count). The number of urea groups is 1. The third-order valence-electron chi connectivity index (χ3n) is 2.56. The lowest BCUT2D eigenvalue weighted by molar-refractivity contribution is -0.139. The fourth-order valence-corrected chi connectivity index (χ4v) is 1.66. The second-order valence-corrected chi connectivity index (χ2v) is 5.81. The predicted octanol–water partition coefficient (Wildman–Crippen LogP) is 1.42. The van der Waals surface area contributed by atoms with E-state index in [0.29, 0.717) is 0 Å². The zero-order chi connectivity index (χ0) is 17.5. The number of benzene rings is 1. The van der Waals surface area contributed by atoms with Gasteiger partial charge in [0, 0.05) is 6.42 Å². The molecule has 0 spiro atoms. The van der Waals surface area contributed by atoms with Crippen LogP contribution in [0.25, 0.3) is 0 Å². The third kappa shape index (κ3) is 7.70. The Morgan fingerprint density at radius 2 is 1.74 bits per heavy atom. The molecule has 0 aliphatic rings. The van der Waals surface area contributed by atoms with Crippen LogP contribution in [0.5, 0.6) is 0 Å². The van der Waals surface area contributed by atoms with Crippen molar-refractivity contribution in [1.29, 1.82) is 0 Å². The van der Waals surface area contributed by atoms with Gasteiger partial charge in [-0.25, -0.2) is 25.2 Å². The summed E-state index contributed by atoms with van der Waals surface area (Å²) in [5, 5.41) is 11.4. The van der Waals surface area contributed by atoms with Crippen LogP contribution in [0.4, 0.5) is 9.59 Å². The molecule has 1 aromatic carbocycles. The number of carboxylic acids is 1. The molecule has 8 nitrogen and oxygen atoms in total. The van der Waals surface area contributed by atoms with Crippen LogP contribution in [0.15, 0.2) is 30.3 Å². The lowest BCUT2D eigenvalue weighted by Crippen LogP contribution is -2.53. The number of ether oxygens (including phenoxy) is 1. The highest BCUT2D eigenvalue weighted by Crippen LogP contribution is 2.06. The molecule has 0 aliphatic carbocycles. The average molecular weight is 323 g/mol. The van der Waals surface area contributed by atoms with Gasteiger partial charge in [-0.2, -0.15) is 0 Å². The van der Waals surface area contributed by atoms with Crippen LogP contribution >= 0.6 is 0 Å². The molecular weight excluding hydrogens is 302 g/mol. The molecule has 0 unspecified atom stereocenters. The van der Waals surface area contributed by atoms with Crippen molar-refractivity contribution in [1.82, 2.24) is 16.2 Å². The molecule has 4 N–H and O–H groups in total. The molecule has 0 saturated carbocycles. The number of hydrogen-bond donors (Lipinski definition) is 4. The zero-order valence-electron chi connectivity index (χ0n) is 13.3. The summed E-state index contributed by atoms with van der Waals surface area (Å²) in [5.41, 5.74) is 4.12. The predicted molar refractivity (Wildman–Crippen MR) is 82.6 cm³/mol. The highest BCUT2D eigenvalue weighted by molar-refractivity contribution is 5.83. The molecule has 126 valence electrons. The molecule has 3 amide bonds. The highest BCUT2D eigenvalue weighted by atomic mass is 16.6. The van der Waals surface area contributed by atoms with Crippen LogP contribution in [0.1, 0.15) is 26.3 Å². The molecular formula is C15H21N3O5. The molecule has 0 saturated heterocycles. The molecule has 0 aromatic heterocycles. The van der Waals surface area contributed by atoms with Gasteiger partial charge in [0.2, 0.25) is 0 Å². The Morgan fingerprint density at radius 1 is 1.13 bits per heavy atom. The minimum Gasteiger partial charge on any atom is -0.480 e. The van der Waals surface area contributed by atoms with Crippen LogP contribution in [-0.2, 0) is 16.0 Å². The Bertz CT molecular complexity index is 554. The molecule has 0 radical (unpaired) electrons. The Morgan fingerprint density at radius 3 is 2.26 bits per heavy atom. The average Bonchev–Trinajstić information content (AvgIpc) is 2.43. The van der Waals surface area contributed by atoms with Crippen molar-refractivity contribution in [3.63, 3.8) is 0 Å². The van der Waals surface area contributed by atoms with Gasteiger partial charge in [0.1, 0.15) is 11.6 Å². The zero-order valence-corrected chi connectivity index (χ0v) is 13.3. The quantitative estimate of drug-likeness (QED) is 0.625. The van der Waals surface area contributed by atoms with E-state index >= 15 is 0 Å². The molecule has 0 bridgehead atoms. The number of rotatable bonds is 4. The summed E-state index contributed by atoms with van der Waals surface area (Å²) in [4.78, 5) is 34.3. The smallest absolute Gasteiger partial charge is 0.426 e. The van der Waals surface area contributed by atoms with E-state index in [2.05, 4.69) is 5.32 Å². The van der Waals surface area contributed by atoms with E-state index in [1.807, 2.05) is 16.9 Å². The summed E-state index contributed by atoms with van der Waals surface area (Å²) in [6.07, 6.45) is -0.724. The number of hydrogen-bond acceptors (Lipinski definition) is 4. The molecule has 0 aliphatic heterocycles. The molecule has 1 aromatic rings. The van der Waals surface area contributed by atoms with E-state index in [1.165, 1.54) is 0 Å². The van der Waals surface area contributed by atoms with E-state index in [9.17, 15) is 14.4 Å². The fraction of sp³-hybridized carbons (Fsp3) is 0.400. The van der Waals surface area contributed by atoms with Crippen molar-refractivity contribution in [3.8, 4) is 0 Å². The maximum absolute atomic E-state index is 11.7. The Balaban J connectivity index is 2.49. The highest BCUT2D eigenvalue weighted by Gasteiger charge is 2.21. The third-order valence-corrected chi connectivity index (χ3v) is 2.56. The number of hydrazine groups is 1. The Kier molecular flexibility index (Phi) is 6.37. The Hall–Kier alpha value is -2.77. The molecule has 1 atom stereocenters. The minimum atomic E-state index is -1.18. The van der Waals surface area contributed by atoms with Crippen LogP contribution in [0.2, 0.25) is 0 Å². The lowest BCUT2D eigenvalue weighted by Gasteiger charge is -2.20. The van der Waals surface area contributed by atoms with E-state index < -0.39 is 29.7 Å². The summed E-state index contributed by atoms with van der Waals surface area (Å²) in [6.45, 7) is 5.02. The number of carbonyl (C=O) groups is 3. The van der Waals surface area contributed by atoms with Crippen molar-refractivity contribution in [2.45, 2.75) is 38.8 Å². The van der Waals surface area contributed by atoms with Gasteiger partial charge in [-0.15, -0.1) is 0 Å². The summed E-state index contributed by atoms with van der Waals surface area (Å²) in [7, 11) is 0. The molecule has 0 fully saturated rings. The van der Waals surface area contributed by atoms with Crippen molar-refractivity contribution >= 4 is 18.1 Å². The Labute approximate surface area is 134 Å². The summed E-state index contributed by atoms with van der Waals surface area (Å²) < 4.78 is 4.93. The van der Waals surface area contributed by atoms with Gasteiger partial charge in [0.15, 0.2) is 0 Å². The van der Waals surface area contributed by atoms with Gasteiger partial charge >= 0.3 is 18.1 Å². The van der Waals surface area contributed by atoms with Gasteiger partial charge in [-0.1, -0.05) is 30.3 Å². The first-order chi connectivity index (χ1) is 10.7. The fourth-order valence-electron chi connectivity index (χ4n) is 1.66. The number of amides is 3. The van der Waals surface area contributed by atoms with Gasteiger partial charge in [0.05, 0.1) is 0 Å². The number of aliphatic carboxylic acids is 1. The second kappa shape index (κ2) is 8.02. The first kappa shape index (κ1) is 18.3. The van der Waals surface area contributed by atoms with Crippen LogP contribution in [0.3, 0.4) is 0 Å². The largest absolute Gasteiger partial charge is 0.480 e. The van der Waals surface area contributed by atoms with Crippen molar-refractivity contribution in [3.05, 3.63) is 35.9 Å². The van der Waals surface area contributed by atoms with Crippen molar-refractivity contribution in [2.75, 3.05) is 0 Å². The van der Waals surface area contributed by atoms with Crippen molar-refractivity contribution < 1.29 is 24.2 Å². The van der Waals surface area contributed by atoms with E-state index in [1.54, 1.807) is 45.0 Å². The minimum absolute atomic E-state index is 0.121. The number of carbonyl (C=O) groups excluding carboxylic acids is 2. The molecule has 8 heteroatoms. The summed E-state index contributed by atoms with van der Waals surface area (Å²) >= 11 is 0. The normalized spacial score (nSPS) is 12.0. The standard InChI is InChI=1S/C15H21N3O5/c1-15(2,3)23-14(22)18-17-13(21)16-11(12(19)20)9-10-7-5-4-6-8-10/h4-8,11H,9H2,1-3H3,(H,18,22)(H,19,20)(H2,16,17,21)/t11-/m0/s1. The monoisotopic (exact) mass is 323 g/mol. The first-order valence-corrected chi connectivity index (χ1v) is 6.99. The summed E-state index contributed by atoms with van der Waals surface area (Å²) in [5.74, 6) is -1.18. The van der Waals surface area contributed by atoms with Gasteiger partial charge in [0.25, 0.3) is 0 Å². The molecule has 0 heterocycles. The SMILES string of the molecule is CC(C)(C)OC(=O)NNC(=O)N[C@@H](Cc1ccccc1)C(=O)O. The molecule has 23 heavy (non-hydrogen) atoms. The topological polar surface area (TPSA) is 117 Å². The number of carboxylic acid groups (broad SMARTS) is 1. The van der Waals surface area contributed by atoms with Crippen LogP contribution < -0.4 is 16.2 Å². The maximum atomic E-state index is 11.7. The van der Waals surface area contributed by atoms with Gasteiger partial charge in [-0.05, 0) is 26.3 Å². The van der Waals surface area contributed by atoms with E-state index in [4.69, 9.17) is 9.84 Å². The van der Waals surface area contributed by atoms with Crippen molar-refractivity contribution in [2.24, 2.45) is 0 Å². The first-order valence-electron chi connectivity index (χ1n) is 6.99. The summed E-state index contributed by atoms with van der Waals surface area (Å²) in [6, 6.07) is 6.90. The lowest BCUT2D eigenvalue weighted by atomic mass is 10.1. The van der Waals surface area contributed by atoms with Gasteiger partial charge < -0.3 is 15.2 Å². The van der Waals surface area contributed by atoms with E-state index in [-0.39, 0.29) is 6.42 Å². The van der Waals surface area contributed by atoms with Gasteiger partial charge in [-0.3, -0.25) is 0 Å².